The lowest BCUT2D eigenvalue weighted by atomic mass is 9.87. The highest BCUT2D eigenvalue weighted by Gasteiger charge is 2.60. The van der Waals surface area contributed by atoms with Crippen LogP contribution >= 0.6 is 0 Å². The molecule has 1 aromatic heterocycles. The summed E-state index contributed by atoms with van der Waals surface area (Å²) in [4.78, 5) is 0. The number of hydrogen-bond donors (Lipinski definition) is 0. The second-order valence-corrected chi connectivity index (χ2v) is 5.67. The second-order valence-electron chi connectivity index (χ2n) is 5.67. The molecule has 1 fully saturated rings. The molecule has 70 valence electrons. The maximum atomic E-state index is 2.43. The lowest BCUT2D eigenvalue weighted by Crippen LogP contribution is -2.14. The van der Waals surface area contributed by atoms with Crippen molar-refractivity contribution in [1.29, 1.82) is 0 Å². The van der Waals surface area contributed by atoms with Crippen LogP contribution in [-0.4, -0.2) is 4.57 Å². The van der Waals surface area contributed by atoms with Gasteiger partial charge in [0, 0.05) is 24.4 Å². The van der Waals surface area contributed by atoms with Crippen LogP contribution in [0.3, 0.4) is 0 Å². The number of fused-ring (bicyclic) bond motifs is 3. The van der Waals surface area contributed by atoms with Crippen molar-refractivity contribution in [1.82, 2.24) is 4.57 Å². The van der Waals surface area contributed by atoms with E-state index >= 15 is 0 Å². The van der Waals surface area contributed by atoms with Gasteiger partial charge in [-0.25, -0.2) is 0 Å². The Morgan fingerprint density at radius 2 is 2.15 bits per heavy atom. The van der Waals surface area contributed by atoms with Gasteiger partial charge in [-0.2, -0.15) is 0 Å². The Hall–Kier alpha value is -0.720. The van der Waals surface area contributed by atoms with Crippen LogP contribution in [0.2, 0.25) is 0 Å². The van der Waals surface area contributed by atoms with Crippen LogP contribution in [0.15, 0.2) is 18.3 Å². The second kappa shape index (κ2) is 2.02. The Kier molecular flexibility index (Phi) is 1.19. The van der Waals surface area contributed by atoms with Crippen molar-refractivity contribution >= 4 is 0 Å². The fourth-order valence-corrected chi connectivity index (χ4v) is 3.31. The summed E-state index contributed by atoms with van der Waals surface area (Å²) in [7, 11) is 0. The SMILES string of the molecule is CC(C)(C)[C@H]1C2Cn3cccc3[C@H]21. The first-order chi connectivity index (χ1) is 6.09. The normalized spacial score (nSPS) is 35.8. The van der Waals surface area contributed by atoms with Crippen molar-refractivity contribution < 1.29 is 0 Å². The van der Waals surface area contributed by atoms with Gasteiger partial charge in [0.05, 0.1) is 0 Å². The molecule has 0 saturated heterocycles. The minimum Gasteiger partial charge on any atom is -0.351 e. The van der Waals surface area contributed by atoms with E-state index in [9.17, 15) is 0 Å². The summed E-state index contributed by atoms with van der Waals surface area (Å²) in [5.41, 5.74) is 2.09. The third kappa shape index (κ3) is 0.877. The van der Waals surface area contributed by atoms with Gasteiger partial charge in [-0.3, -0.25) is 0 Å². The topological polar surface area (TPSA) is 4.93 Å². The minimum atomic E-state index is 0.505. The fourth-order valence-electron chi connectivity index (χ4n) is 3.31. The van der Waals surface area contributed by atoms with E-state index in [2.05, 4.69) is 43.7 Å². The quantitative estimate of drug-likeness (QED) is 0.571. The molecule has 2 heterocycles. The largest absolute Gasteiger partial charge is 0.351 e. The molecule has 0 spiro atoms. The van der Waals surface area contributed by atoms with Gasteiger partial charge in [0.15, 0.2) is 0 Å². The Bertz CT molecular complexity index is 342. The van der Waals surface area contributed by atoms with Gasteiger partial charge in [-0.1, -0.05) is 20.8 Å². The molecule has 0 amide bonds. The zero-order chi connectivity index (χ0) is 9.22. The standard InChI is InChI=1S/C12H17N/c1-12(2,3)11-8-7-13-6-4-5-9(13)10(8)11/h4-6,8,10-11H,7H2,1-3H3/t8?,10-,11-/m0/s1. The van der Waals surface area contributed by atoms with E-state index in [0.717, 1.165) is 17.8 Å². The van der Waals surface area contributed by atoms with Crippen LogP contribution in [0.5, 0.6) is 0 Å². The average molecular weight is 175 g/mol. The van der Waals surface area contributed by atoms with Crippen LogP contribution in [0.25, 0.3) is 0 Å². The Balaban J connectivity index is 1.93. The zero-order valence-corrected chi connectivity index (χ0v) is 8.62. The molecule has 13 heavy (non-hydrogen) atoms. The van der Waals surface area contributed by atoms with E-state index < -0.39 is 0 Å². The van der Waals surface area contributed by atoms with Gasteiger partial charge >= 0.3 is 0 Å². The summed E-state index contributed by atoms with van der Waals surface area (Å²) in [5.74, 6) is 2.78. The van der Waals surface area contributed by atoms with E-state index in [-0.39, 0.29) is 0 Å². The first-order valence-corrected chi connectivity index (χ1v) is 5.24. The van der Waals surface area contributed by atoms with Crippen molar-refractivity contribution in [2.24, 2.45) is 17.3 Å². The van der Waals surface area contributed by atoms with Crippen LogP contribution < -0.4 is 0 Å². The molecule has 2 aliphatic rings. The van der Waals surface area contributed by atoms with E-state index in [1.54, 1.807) is 5.69 Å². The molecule has 3 atom stereocenters. The van der Waals surface area contributed by atoms with Gasteiger partial charge in [0.2, 0.25) is 0 Å². The Morgan fingerprint density at radius 1 is 1.38 bits per heavy atom. The number of aromatic nitrogens is 1. The molecule has 1 aliphatic carbocycles. The molecule has 0 aromatic carbocycles. The Labute approximate surface area is 79.8 Å². The average Bonchev–Trinajstić information content (AvgIpc) is 2.39. The predicted octanol–water partition coefficient (Wildman–Crippen LogP) is 2.88. The highest BCUT2D eigenvalue weighted by atomic mass is 15.0. The third-order valence-electron chi connectivity index (χ3n) is 3.78. The molecule has 3 rings (SSSR count). The van der Waals surface area contributed by atoms with Gasteiger partial charge in [0.25, 0.3) is 0 Å². The van der Waals surface area contributed by atoms with Crippen molar-refractivity contribution in [2.45, 2.75) is 33.2 Å². The van der Waals surface area contributed by atoms with Gasteiger partial charge in [-0.15, -0.1) is 0 Å². The van der Waals surface area contributed by atoms with Crippen LogP contribution in [0.4, 0.5) is 0 Å². The molecular formula is C12H17N. The zero-order valence-electron chi connectivity index (χ0n) is 8.62. The monoisotopic (exact) mass is 175 g/mol. The van der Waals surface area contributed by atoms with Crippen LogP contribution in [0, 0.1) is 17.3 Å². The summed E-state index contributed by atoms with van der Waals surface area (Å²) in [5, 5.41) is 0. The highest BCUT2D eigenvalue weighted by Crippen LogP contribution is 2.65. The summed E-state index contributed by atoms with van der Waals surface area (Å²) in [6.45, 7) is 8.41. The van der Waals surface area contributed by atoms with Crippen LogP contribution in [-0.2, 0) is 6.54 Å². The van der Waals surface area contributed by atoms with Crippen molar-refractivity contribution in [3.05, 3.63) is 24.0 Å². The molecule has 1 nitrogen and oxygen atoms in total. The van der Waals surface area contributed by atoms with Crippen molar-refractivity contribution in [3.8, 4) is 0 Å². The van der Waals surface area contributed by atoms with Gasteiger partial charge in [0.1, 0.15) is 0 Å². The first kappa shape index (κ1) is 7.66. The number of nitrogens with zero attached hydrogens (tertiary/aromatic N) is 1. The lowest BCUT2D eigenvalue weighted by Gasteiger charge is -2.21. The van der Waals surface area contributed by atoms with Gasteiger partial charge in [-0.05, 0) is 29.4 Å². The molecule has 1 heteroatoms. The molecular weight excluding hydrogens is 158 g/mol. The van der Waals surface area contributed by atoms with E-state index in [1.807, 2.05) is 0 Å². The maximum absolute atomic E-state index is 2.43. The van der Waals surface area contributed by atoms with Crippen LogP contribution in [0.1, 0.15) is 32.4 Å². The van der Waals surface area contributed by atoms with Crippen molar-refractivity contribution in [3.63, 3.8) is 0 Å². The molecule has 1 unspecified atom stereocenters. The summed E-state index contributed by atoms with van der Waals surface area (Å²) in [6.07, 6.45) is 2.22. The molecule has 1 saturated carbocycles. The summed E-state index contributed by atoms with van der Waals surface area (Å²) >= 11 is 0. The van der Waals surface area contributed by atoms with Gasteiger partial charge < -0.3 is 4.57 Å². The molecule has 1 aromatic rings. The van der Waals surface area contributed by atoms with Crippen molar-refractivity contribution in [2.75, 3.05) is 0 Å². The minimum absolute atomic E-state index is 0.505. The third-order valence-corrected chi connectivity index (χ3v) is 3.78. The van der Waals surface area contributed by atoms with E-state index in [4.69, 9.17) is 0 Å². The maximum Gasteiger partial charge on any atom is 0.0260 e. The molecule has 0 bridgehead atoms. The molecule has 1 aliphatic heterocycles. The number of rotatable bonds is 0. The van der Waals surface area contributed by atoms with E-state index in [1.165, 1.54) is 6.54 Å². The summed E-state index contributed by atoms with van der Waals surface area (Å²) in [6, 6.07) is 4.49. The summed E-state index contributed by atoms with van der Waals surface area (Å²) < 4.78 is 2.43. The predicted molar refractivity (Wildman–Crippen MR) is 53.6 cm³/mol. The highest BCUT2D eigenvalue weighted by molar-refractivity contribution is 5.30. The van der Waals surface area contributed by atoms with E-state index in [0.29, 0.717) is 5.41 Å². The first-order valence-electron chi connectivity index (χ1n) is 5.24. The Morgan fingerprint density at radius 3 is 2.85 bits per heavy atom. The smallest absolute Gasteiger partial charge is 0.0260 e. The number of hydrogen-bond acceptors (Lipinski definition) is 0. The molecule has 0 radical (unpaired) electrons. The molecule has 0 N–H and O–H groups in total. The fraction of sp³-hybridized carbons (Fsp3) is 0.667. The lowest BCUT2D eigenvalue weighted by molar-refractivity contribution is 0.309.